The Balaban J connectivity index is 2.47. The van der Waals surface area contributed by atoms with Crippen molar-refractivity contribution < 1.29 is 4.74 Å². The van der Waals surface area contributed by atoms with E-state index in [1.165, 1.54) is 0 Å². The molecule has 2 nitrogen and oxygen atoms in total. The van der Waals surface area contributed by atoms with E-state index in [0.29, 0.717) is 16.7 Å². The first-order valence-corrected chi connectivity index (χ1v) is 5.84. The molecule has 0 unspecified atom stereocenters. The number of pyridine rings is 1. The number of halogens is 2. The van der Waals surface area contributed by atoms with Crippen molar-refractivity contribution in [1.29, 1.82) is 0 Å². The summed E-state index contributed by atoms with van der Waals surface area (Å²) in [5, 5.41) is 1.80. The summed E-state index contributed by atoms with van der Waals surface area (Å²) in [5.74, 6) is 0.792. The molecule has 4 heteroatoms. The number of benzene rings is 1. The van der Waals surface area contributed by atoms with E-state index in [4.69, 9.17) is 27.9 Å². The van der Waals surface area contributed by atoms with Crippen LogP contribution in [-0.4, -0.2) is 11.6 Å². The summed E-state index contributed by atoms with van der Waals surface area (Å²) >= 11 is 12.0. The molecular formula is C12H11Cl2NO. The van der Waals surface area contributed by atoms with E-state index in [0.717, 1.165) is 23.1 Å². The maximum Gasteiger partial charge on any atom is 0.120 e. The number of ether oxygens (including phenoxy) is 1. The van der Waals surface area contributed by atoms with Gasteiger partial charge in [0.2, 0.25) is 0 Å². The molecule has 0 aliphatic heterocycles. The molecule has 0 fully saturated rings. The molecule has 0 saturated heterocycles. The van der Waals surface area contributed by atoms with Gasteiger partial charge in [-0.2, -0.15) is 0 Å². The van der Waals surface area contributed by atoms with Gasteiger partial charge >= 0.3 is 0 Å². The van der Waals surface area contributed by atoms with Crippen LogP contribution < -0.4 is 4.74 Å². The van der Waals surface area contributed by atoms with E-state index in [9.17, 15) is 0 Å². The Morgan fingerprint density at radius 1 is 1.31 bits per heavy atom. The number of hydrogen-bond acceptors (Lipinski definition) is 2. The molecule has 2 rings (SSSR count). The number of rotatable bonds is 3. The van der Waals surface area contributed by atoms with Crippen LogP contribution in [0.15, 0.2) is 24.4 Å². The third-order valence-corrected chi connectivity index (χ3v) is 2.99. The van der Waals surface area contributed by atoms with E-state index in [1.54, 1.807) is 6.20 Å². The molecule has 0 N–H and O–H groups in total. The standard InChI is InChI=1S/C12H11Cl2NO/c1-2-5-16-8-3-4-11-9(6-8)12(14)10(13)7-15-11/h3-4,6-7H,2,5H2,1H3. The van der Waals surface area contributed by atoms with Gasteiger partial charge in [0.15, 0.2) is 0 Å². The van der Waals surface area contributed by atoms with Crippen LogP contribution in [0.3, 0.4) is 0 Å². The summed E-state index contributed by atoms with van der Waals surface area (Å²) in [5.41, 5.74) is 0.818. The molecule has 1 heterocycles. The minimum absolute atomic E-state index is 0.460. The molecule has 1 aromatic carbocycles. The van der Waals surface area contributed by atoms with Gasteiger partial charge in [0.25, 0.3) is 0 Å². The van der Waals surface area contributed by atoms with Crippen LogP contribution in [-0.2, 0) is 0 Å². The van der Waals surface area contributed by atoms with Crippen molar-refractivity contribution in [3.63, 3.8) is 0 Å². The summed E-state index contributed by atoms with van der Waals surface area (Å²) in [6, 6.07) is 5.63. The van der Waals surface area contributed by atoms with Crippen LogP contribution in [0.5, 0.6) is 5.75 Å². The maximum absolute atomic E-state index is 6.10. The van der Waals surface area contributed by atoms with Crippen LogP contribution in [0, 0.1) is 0 Å². The minimum atomic E-state index is 0.460. The summed E-state index contributed by atoms with van der Waals surface area (Å²) in [6.07, 6.45) is 2.53. The molecule has 0 atom stereocenters. The van der Waals surface area contributed by atoms with E-state index < -0.39 is 0 Å². The lowest BCUT2D eigenvalue weighted by atomic mass is 10.2. The van der Waals surface area contributed by atoms with Gasteiger partial charge in [-0.15, -0.1) is 0 Å². The molecule has 0 aliphatic carbocycles. The fourth-order valence-corrected chi connectivity index (χ4v) is 1.78. The second-order valence-electron chi connectivity index (χ2n) is 3.45. The number of hydrogen-bond donors (Lipinski definition) is 0. The first kappa shape index (κ1) is 11.5. The Kier molecular flexibility index (Phi) is 3.52. The molecule has 0 amide bonds. The van der Waals surface area contributed by atoms with Crippen LogP contribution in [0.25, 0.3) is 10.9 Å². The van der Waals surface area contributed by atoms with Crippen molar-refractivity contribution in [2.75, 3.05) is 6.61 Å². The summed E-state index contributed by atoms with van der Waals surface area (Å²) in [7, 11) is 0. The quantitative estimate of drug-likeness (QED) is 0.815. The van der Waals surface area contributed by atoms with Gasteiger partial charge in [-0.1, -0.05) is 30.1 Å². The van der Waals surface area contributed by atoms with Gasteiger partial charge in [-0.25, -0.2) is 0 Å². The Labute approximate surface area is 104 Å². The Morgan fingerprint density at radius 3 is 2.88 bits per heavy atom. The van der Waals surface area contributed by atoms with E-state index in [-0.39, 0.29) is 0 Å². The Morgan fingerprint density at radius 2 is 2.12 bits per heavy atom. The van der Waals surface area contributed by atoms with Crippen LogP contribution in [0.2, 0.25) is 10.0 Å². The monoisotopic (exact) mass is 255 g/mol. The van der Waals surface area contributed by atoms with E-state index >= 15 is 0 Å². The van der Waals surface area contributed by atoms with Crippen LogP contribution in [0.1, 0.15) is 13.3 Å². The number of aromatic nitrogens is 1. The first-order chi connectivity index (χ1) is 7.72. The molecule has 84 valence electrons. The van der Waals surface area contributed by atoms with Crippen LogP contribution >= 0.6 is 23.2 Å². The largest absolute Gasteiger partial charge is 0.494 e. The molecule has 0 radical (unpaired) electrons. The maximum atomic E-state index is 6.10. The van der Waals surface area contributed by atoms with Gasteiger partial charge in [-0.3, -0.25) is 4.98 Å². The van der Waals surface area contributed by atoms with Crippen molar-refractivity contribution in [2.24, 2.45) is 0 Å². The van der Waals surface area contributed by atoms with Gasteiger partial charge in [0.1, 0.15) is 5.75 Å². The van der Waals surface area contributed by atoms with Crippen LogP contribution in [0.4, 0.5) is 0 Å². The third kappa shape index (κ3) is 2.23. The van der Waals surface area contributed by atoms with Crippen molar-refractivity contribution in [2.45, 2.75) is 13.3 Å². The smallest absolute Gasteiger partial charge is 0.120 e. The lowest BCUT2D eigenvalue weighted by molar-refractivity contribution is 0.318. The summed E-state index contributed by atoms with van der Waals surface area (Å²) < 4.78 is 5.53. The van der Waals surface area contributed by atoms with E-state index in [2.05, 4.69) is 11.9 Å². The Bertz CT molecular complexity index is 514. The van der Waals surface area contributed by atoms with Gasteiger partial charge in [0.05, 0.1) is 22.2 Å². The number of fused-ring (bicyclic) bond motifs is 1. The van der Waals surface area contributed by atoms with Gasteiger partial charge in [-0.05, 0) is 24.6 Å². The fraction of sp³-hybridized carbons (Fsp3) is 0.250. The normalized spacial score (nSPS) is 10.7. The zero-order chi connectivity index (χ0) is 11.5. The van der Waals surface area contributed by atoms with Gasteiger partial charge < -0.3 is 4.74 Å². The highest BCUT2D eigenvalue weighted by Crippen LogP contribution is 2.31. The highest BCUT2D eigenvalue weighted by molar-refractivity contribution is 6.45. The predicted molar refractivity (Wildman–Crippen MR) is 67.5 cm³/mol. The average molecular weight is 256 g/mol. The minimum Gasteiger partial charge on any atom is -0.494 e. The fourth-order valence-electron chi connectivity index (χ4n) is 1.42. The lowest BCUT2D eigenvalue weighted by Crippen LogP contribution is -1.94. The molecule has 0 saturated carbocycles. The van der Waals surface area contributed by atoms with Crippen molar-refractivity contribution in [3.8, 4) is 5.75 Å². The highest BCUT2D eigenvalue weighted by Gasteiger charge is 2.06. The van der Waals surface area contributed by atoms with Crippen molar-refractivity contribution >= 4 is 34.1 Å². The summed E-state index contributed by atoms with van der Waals surface area (Å²) in [4.78, 5) is 4.19. The lowest BCUT2D eigenvalue weighted by Gasteiger charge is -2.07. The highest BCUT2D eigenvalue weighted by atomic mass is 35.5. The molecule has 16 heavy (non-hydrogen) atoms. The molecule has 0 bridgehead atoms. The topological polar surface area (TPSA) is 22.1 Å². The zero-order valence-corrected chi connectivity index (χ0v) is 10.3. The molecular weight excluding hydrogens is 245 g/mol. The summed E-state index contributed by atoms with van der Waals surface area (Å²) in [6.45, 7) is 2.75. The van der Waals surface area contributed by atoms with Crippen molar-refractivity contribution in [3.05, 3.63) is 34.4 Å². The number of nitrogens with zero attached hydrogens (tertiary/aromatic N) is 1. The molecule has 0 spiro atoms. The van der Waals surface area contributed by atoms with E-state index in [1.807, 2.05) is 18.2 Å². The second-order valence-corrected chi connectivity index (χ2v) is 4.23. The Hall–Kier alpha value is -0.990. The van der Waals surface area contributed by atoms with Gasteiger partial charge in [0, 0.05) is 11.6 Å². The first-order valence-electron chi connectivity index (χ1n) is 5.09. The van der Waals surface area contributed by atoms with Crippen molar-refractivity contribution in [1.82, 2.24) is 4.98 Å². The second kappa shape index (κ2) is 4.89. The predicted octanol–water partition coefficient (Wildman–Crippen LogP) is 4.33. The average Bonchev–Trinajstić information content (AvgIpc) is 2.31. The molecule has 0 aliphatic rings. The molecule has 1 aromatic heterocycles. The third-order valence-electron chi connectivity index (χ3n) is 2.20. The molecule has 2 aromatic rings. The SMILES string of the molecule is CCCOc1ccc2ncc(Cl)c(Cl)c2c1. The zero-order valence-electron chi connectivity index (χ0n) is 8.84.